The molecule has 0 saturated carbocycles. The minimum absolute atomic E-state index is 0.749. The van der Waals surface area contributed by atoms with Gasteiger partial charge in [0.05, 0.1) is 11.9 Å². The Bertz CT molecular complexity index is 733. The molecule has 0 atom stereocenters. The van der Waals surface area contributed by atoms with Gasteiger partial charge in [-0.3, -0.25) is 0 Å². The van der Waals surface area contributed by atoms with E-state index >= 15 is 0 Å². The van der Waals surface area contributed by atoms with Crippen LogP contribution in [0.2, 0.25) is 5.02 Å². The molecule has 2 heterocycles. The number of hydrogen-bond donors (Lipinski definition) is 1. The summed E-state index contributed by atoms with van der Waals surface area (Å²) in [6.07, 6.45) is 3.96. The first kappa shape index (κ1) is 13.2. The highest BCUT2D eigenvalue weighted by Crippen LogP contribution is 2.15. The van der Waals surface area contributed by atoms with E-state index in [0.717, 1.165) is 35.0 Å². The van der Waals surface area contributed by atoms with Gasteiger partial charge in [0.1, 0.15) is 5.65 Å². The van der Waals surface area contributed by atoms with E-state index in [2.05, 4.69) is 27.7 Å². The maximum absolute atomic E-state index is 6.14. The lowest BCUT2D eigenvalue weighted by Crippen LogP contribution is -2.14. The van der Waals surface area contributed by atoms with Crippen LogP contribution in [0.1, 0.15) is 16.8 Å². The van der Waals surface area contributed by atoms with Crippen LogP contribution in [0.25, 0.3) is 5.65 Å². The second-order valence-electron chi connectivity index (χ2n) is 4.83. The summed E-state index contributed by atoms with van der Waals surface area (Å²) in [5.41, 5.74) is 4.46. The molecule has 0 aliphatic heterocycles. The topological polar surface area (TPSA) is 29.3 Å². The number of pyridine rings is 1. The highest BCUT2D eigenvalue weighted by Gasteiger charge is 2.05. The quantitative estimate of drug-likeness (QED) is 0.794. The van der Waals surface area contributed by atoms with Crippen molar-refractivity contribution in [3.8, 4) is 0 Å². The van der Waals surface area contributed by atoms with Gasteiger partial charge in [-0.2, -0.15) is 0 Å². The van der Waals surface area contributed by atoms with Gasteiger partial charge < -0.3 is 9.72 Å². The molecule has 0 aliphatic rings. The maximum atomic E-state index is 6.14. The van der Waals surface area contributed by atoms with Crippen LogP contribution in [0.15, 0.2) is 48.8 Å². The van der Waals surface area contributed by atoms with E-state index in [1.54, 1.807) is 0 Å². The monoisotopic (exact) mass is 285 g/mol. The number of benzene rings is 1. The molecule has 20 heavy (non-hydrogen) atoms. The van der Waals surface area contributed by atoms with Crippen molar-refractivity contribution in [2.24, 2.45) is 0 Å². The van der Waals surface area contributed by atoms with Gasteiger partial charge in [0.25, 0.3) is 0 Å². The summed E-state index contributed by atoms with van der Waals surface area (Å²) >= 11 is 6.14. The zero-order valence-corrected chi connectivity index (χ0v) is 12.1. The Hall–Kier alpha value is -1.84. The molecule has 2 aromatic heterocycles. The average molecular weight is 286 g/mol. The first-order valence-corrected chi connectivity index (χ1v) is 6.99. The van der Waals surface area contributed by atoms with Crippen molar-refractivity contribution in [3.05, 3.63) is 70.6 Å². The van der Waals surface area contributed by atoms with E-state index in [1.165, 1.54) is 5.56 Å². The first-order chi connectivity index (χ1) is 9.75. The Morgan fingerprint density at radius 2 is 2.00 bits per heavy atom. The molecule has 0 spiro atoms. The minimum atomic E-state index is 0.749. The third-order valence-corrected chi connectivity index (χ3v) is 3.76. The summed E-state index contributed by atoms with van der Waals surface area (Å²) in [5, 5.41) is 4.21. The van der Waals surface area contributed by atoms with E-state index in [1.807, 2.05) is 42.7 Å². The summed E-state index contributed by atoms with van der Waals surface area (Å²) in [4.78, 5) is 4.46. The Balaban J connectivity index is 1.72. The van der Waals surface area contributed by atoms with Crippen LogP contribution < -0.4 is 5.32 Å². The highest BCUT2D eigenvalue weighted by molar-refractivity contribution is 6.31. The number of fused-ring (bicyclic) bond motifs is 1. The fourth-order valence-corrected chi connectivity index (χ4v) is 2.50. The van der Waals surface area contributed by atoms with Gasteiger partial charge in [-0.25, -0.2) is 4.98 Å². The van der Waals surface area contributed by atoms with Gasteiger partial charge in [0.15, 0.2) is 0 Å². The van der Waals surface area contributed by atoms with Crippen molar-refractivity contribution in [1.29, 1.82) is 0 Å². The van der Waals surface area contributed by atoms with Crippen LogP contribution in [-0.2, 0) is 13.1 Å². The normalized spacial score (nSPS) is 11.1. The van der Waals surface area contributed by atoms with Crippen molar-refractivity contribution in [1.82, 2.24) is 14.7 Å². The average Bonchev–Trinajstić information content (AvgIpc) is 2.86. The van der Waals surface area contributed by atoms with Crippen molar-refractivity contribution >= 4 is 17.2 Å². The fraction of sp³-hybridized carbons (Fsp3) is 0.188. The largest absolute Gasteiger partial charge is 0.307 e. The third kappa shape index (κ3) is 2.55. The fourth-order valence-electron chi connectivity index (χ4n) is 2.30. The van der Waals surface area contributed by atoms with Gasteiger partial charge in [-0.15, -0.1) is 0 Å². The maximum Gasteiger partial charge on any atom is 0.139 e. The zero-order valence-electron chi connectivity index (χ0n) is 11.3. The van der Waals surface area contributed by atoms with Crippen LogP contribution in [0.5, 0.6) is 0 Å². The molecule has 4 heteroatoms. The molecule has 0 radical (unpaired) electrons. The van der Waals surface area contributed by atoms with E-state index in [0.29, 0.717) is 0 Å². The van der Waals surface area contributed by atoms with Crippen molar-refractivity contribution in [2.45, 2.75) is 20.0 Å². The van der Waals surface area contributed by atoms with Crippen molar-refractivity contribution in [3.63, 3.8) is 0 Å². The molecule has 0 saturated heterocycles. The molecule has 0 unspecified atom stereocenters. The lowest BCUT2D eigenvalue weighted by molar-refractivity contribution is 0.675. The van der Waals surface area contributed by atoms with Gasteiger partial charge in [0.2, 0.25) is 0 Å². The van der Waals surface area contributed by atoms with Crippen LogP contribution >= 0.6 is 11.6 Å². The van der Waals surface area contributed by atoms with Gasteiger partial charge >= 0.3 is 0 Å². The number of halogens is 1. The number of nitrogens with one attached hydrogen (secondary N) is 1. The van der Waals surface area contributed by atoms with Crippen LogP contribution in [0.4, 0.5) is 0 Å². The second kappa shape index (κ2) is 5.65. The standard InChI is InChI=1S/C16H16ClN3/c1-12-5-4-8-20-14(11-19-16(12)20)10-18-9-13-6-2-3-7-15(13)17/h2-8,11,18H,9-10H2,1H3. The lowest BCUT2D eigenvalue weighted by Gasteiger charge is -2.07. The Labute approximate surface area is 123 Å². The molecule has 0 fully saturated rings. The third-order valence-electron chi connectivity index (χ3n) is 3.39. The molecule has 1 N–H and O–H groups in total. The molecule has 3 rings (SSSR count). The molecule has 0 bridgehead atoms. The SMILES string of the molecule is Cc1cccn2c(CNCc3ccccc3Cl)cnc12. The molecule has 1 aromatic carbocycles. The number of aryl methyl sites for hydroxylation is 1. The Kier molecular flexibility index (Phi) is 3.72. The van der Waals surface area contributed by atoms with Crippen LogP contribution in [0, 0.1) is 6.92 Å². The summed E-state index contributed by atoms with van der Waals surface area (Å²) in [6.45, 7) is 3.58. The molecular formula is C16H16ClN3. The van der Waals surface area contributed by atoms with Crippen LogP contribution in [-0.4, -0.2) is 9.38 Å². The van der Waals surface area contributed by atoms with Crippen molar-refractivity contribution < 1.29 is 0 Å². The first-order valence-electron chi connectivity index (χ1n) is 6.61. The lowest BCUT2D eigenvalue weighted by atomic mass is 10.2. The molecular weight excluding hydrogens is 270 g/mol. The van der Waals surface area contributed by atoms with Gasteiger partial charge in [-0.1, -0.05) is 35.9 Å². The summed E-state index contributed by atoms with van der Waals surface area (Å²) in [7, 11) is 0. The zero-order chi connectivity index (χ0) is 13.9. The number of rotatable bonds is 4. The summed E-state index contributed by atoms with van der Waals surface area (Å²) in [6, 6.07) is 12.0. The van der Waals surface area contributed by atoms with E-state index in [4.69, 9.17) is 11.6 Å². The smallest absolute Gasteiger partial charge is 0.139 e. The van der Waals surface area contributed by atoms with Gasteiger partial charge in [0, 0.05) is 24.3 Å². The highest BCUT2D eigenvalue weighted by atomic mass is 35.5. The molecule has 0 amide bonds. The predicted octanol–water partition coefficient (Wildman–Crippen LogP) is 3.59. The second-order valence-corrected chi connectivity index (χ2v) is 5.24. The Morgan fingerprint density at radius 3 is 2.85 bits per heavy atom. The van der Waals surface area contributed by atoms with E-state index in [9.17, 15) is 0 Å². The van der Waals surface area contributed by atoms with E-state index in [-0.39, 0.29) is 0 Å². The molecule has 3 nitrogen and oxygen atoms in total. The summed E-state index contributed by atoms with van der Waals surface area (Å²) in [5.74, 6) is 0. The van der Waals surface area contributed by atoms with Crippen LogP contribution in [0.3, 0.4) is 0 Å². The minimum Gasteiger partial charge on any atom is -0.307 e. The predicted molar refractivity (Wildman–Crippen MR) is 81.9 cm³/mol. The van der Waals surface area contributed by atoms with Gasteiger partial charge in [-0.05, 0) is 30.2 Å². The summed E-state index contributed by atoms with van der Waals surface area (Å²) < 4.78 is 2.12. The molecule has 102 valence electrons. The van der Waals surface area contributed by atoms with Crippen molar-refractivity contribution in [2.75, 3.05) is 0 Å². The molecule has 3 aromatic rings. The Morgan fingerprint density at radius 1 is 1.15 bits per heavy atom. The molecule has 0 aliphatic carbocycles. The number of aromatic nitrogens is 2. The number of imidazole rings is 1. The number of hydrogen-bond acceptors (Lipinski definition) is 2. The number of nitrogens with zero attached hydrogens (tertiary/aromatic N) is 2. The van der Waals surface area contributed by atoms with E-state index < -0.39 is 0 Å².